The second-order valence-corrected chi connectivity index (χ2v) is 12.1. The summed E-state index contributed by atoms with van der Waals surface area (Å²) >= 11 is 0. The van der Waals surface area contributed by atoms with Crippen LogP contribution in [0.3, 0.4) is 0 Å². The molecule has 0 saturated carbocycles. The molecule has 0 unspecified atom stereocenters. The fourth-order valence-electron chi connectivity index (χ4n) is 7.15. The molecule has 0 N–H and O–H groups in total. The fourth-order valence-corrected chi connectivity index (χ4v) is 7.15. The quantitative estimate of drug-likeness (QED) is 0.365. The molecule has 38 heavy (non-hydrogen) atoms. The van der Waals surface area contributed by atoms with E-state index < -0.39 is 0 Å². The molecular formula is C32H52ClN3O2. The fraction of sp³-hybridized carbons (Fsp3) is 0.750. The normalized spacial score (nSPS) is 23.7. The van der Waals surface area contributed by atoms with Crippen molar-refractivity contribution >= 4 is 29.4 Å². The van der Waals surface area contributed by atoms with Crippen molar-refractivity contribution in [3.05, 3.63) is 29.8 Å². The Balaban J connectivity index is 0.00000336. The highest BCUT2D eigenvalue weighted by Gasteiger charge is 2.31. The number of hydrogen-bond acceptors (Lipinski definition) is 5. The lowest BCUT2D eigenvalue weighted by atomic mass is 9.70. The molecule has 3 saturated heterocycles. The van der Waals surface area contributed by atoms with Gasteiger partial charge in [0.25, 0.3) is 0 Å². The van der Waals surface area contributed by atoms with Crippen LogP contribution in [0.25, 0.3) is 5.57 Å². The molecule has 0 atom stereocenters. The summed E-state index contributed by atoms with van der Waals surface area (Å²) in [7, 11) is 1.86. The largest absolute Gasteiger partial charge is 0.381 e. The van der Waals surface area contributed by atoms with Gasteiger partial charge in [-0.1, -0.05) is 32.8 Å². The van der Waals surface area contributed by atoms with Gasteiger partial charge in [0.05, 0.1) is 6.10 Å². The third-order valence-electron chi connectivity index (χ3n) is 10.2. The van der Waals surface area contributed by atoms with Crippen LogP contribution >= 0.6 is 12.4 Å². The molecule has 0 aromatic heterocycles. The Morgan fingerprint density at radius 2 is 1.63 bits per heavy atom. The molecule has 1 aliphatic carbocycles. The zero-order valence-corrected chi connectivity index (χ0v) is 25.1. The van der Waals surface area contributed by atoms with Crippen molar-refractivity contribution in [3.8, 4) is 0 Å². The maximum Gasteiger partial charge on any atom is 0.0605 e. The summed E-state index contributed by atoms with van der Waals surface area (Å²) in [6, 6.07) is 7.38. The van der Waals surface area contributed by atoms with E-state index in [-0.39, 0.29) is 12.4 Å². The zero-order valence-electron chi connectivity index (χ0n) is 24.3. The minimum atomic E-state index is 0. The van der Waals surface area contributed by atoms with Crippen LogP contribution in [-0.4, -0.2) is 77.1 Å². The lowest BCUT2D eigenvalue weighted by Gasteiger charge is -2.40. The molecule has 5 nitrogen and oxygen atoms in total. The number of allylic oxidation sites excluding steroid dienone is 2. The molecule has 1 aromatic carbocycles. The van der Waals surface area contributed by atoms with E-state index in [1.54, 1.807) is 5.57 Å². The minimum absolute atomic E-state index is 0. The number of piperidine rings is 1. The van der Waals surface area contributed by atoms with Crippen molar-refractivity contribution in [2.24, 2.45) is 11.3 Å². The number of piperazine rings is 1. The van der Waals surface area contributed by atoms with Crippen LogP contribution in [0, 0.1) is 11.3 Å². The van der Waals surface area contributed by atoms with Gasteiger partial charge in [0, 0.05) is 83.1 Å². The highest BCUT2D eigenvalue weighted by atomic mass is 35.5. The molecule has 1 aromatic rings. The van der Waals surface area contributed by atoms with E-state index in [4.69, 9.17) is 9.47 Å². The van der Waals surface area contributed by atoms with Crippen molar-refractivity contribution < 1.29 is 9.47 Å². The smallest absolute Gasteiger partial charge is 0.0605 e. The third-order valence-corrected chi connectivity index (χ3v) is 10.2. The molecule has 3 aliphatic heterocycles. The standard InChI is InChI=1S/C32H51N3O2.ClH/c1-4-32(5-2)14-8-27(9-15-32)30-24-28(34-16-10-29(36-3)11-17-34)6-7-31(30)35-20-18-33(19-21-35)25-26-12-22-37-23-13-26;/h6-8,24,26,29H,4-5,9-23,25H2,1-3H3;1H. The van der Waals surface area contributed by atoms with E-state index in [0.717, 1.165) is 58.2 Å². The Kier molecular flexibility index (Phi) is 10.8. The molecule has 0 bridgehead atoms. The number of halogens is 1. The van der Waals surface area contributed by atoms with Crippen LogP contribution < -0.4 is 9.80 Å². The van der Waals surface area contributed by atoms with Gasteiger partial charge in [0.15, 0.2) is 0 Å². The van der Waals surface area contributed by atoms with E-state index in [1.807, 2.05) is 7.11 Å². The summed E-state index contributed by atoms with van der Waals surface area (Å²) in [5, 5.41) is 0. The minimum Gasteiger partial charge on any atom is -0.381 e. The first-order chi connectivity index (χ1) is 18.1. The summed E-state index contributed by atoms with van der Waals surface area (Å²) in [5.74, 6) is 0.821. The molecule has 5 rings (SSSR count). The van der Waals surface area contributed by atoms with Gasteiger partial charge in [-0.2, -0.15) is 0 Å². The second-order valence-electron chi connectivity index (χ2n) is 12.1. The average Bonchev–Trinajstić information content (AvgIpc) is 2.98. The predicted octanol–water partition coefficient (Wildman–Crippen LogP) is 6.65. The summed E-state index contributed by atoms with van der Waals surface area (Å²) in [6.07, 6.45) is 14.1. The monoisotopic (exact) mass is 545 g/mol. The summed E-state index contributed by atoms with van der Waals surface area (Å²) in [6.45, 7) is 14.7. The first kappa shape index (κ1) is 29.7. The van der Waals surface area contributed by atoms with Crippen LogP contribution in [0.1, 0.15) is 77.2 Å². The molecule has 3 heterocycles. The van der Waals surface area contributed by atoms with Crippen LogP contribution in [0.2, 0.25) is 0 Å². The summed E-state index contributed by atoms with van der Waals surface area (Å²) < 4.78 is 11.2. The number of anilines is 2. The Labute approximate surface area is 238 Å². The van der Waals surface area contributed by atoms with Gasteiger partial charge in [-0.05, 0) is 80.1 Å². The molecule has 4 aliphatic rings. The van der Waals surface area contributed by atoms with Gasteiger partial charge in [0.2, 0.25) is 0 Å². The van der Waals surface area contributed by atoms with Gasteiger partial charge in [-0.15, -0.1) is 12.4 Å². The number of ether oxygens (including phenoxy) is 2. The number of hydrogen-bond donors (Lipinski definition) is 0. The molecule has 214 valence electrons. The molecule has 0 spiro atoms. The number of benzene rings is 1. The Morgan fingerprint density at radius 1 is 0.921 bits per heavy atom. The molecule has 3 fully saturated rings. The van der Waals surface area contributed by atoms with Gasteiger partial charge in [-0.25, -0.2) is 0 Å². The lowest BCUT2D eigenvalue weighted by Crippen LogP contribution is -2.48. The van der Waals surface area contributed by atoms with Crippen molar-refractivity contribution in [2.45, 2.75) is 77.7 Å². The van der Waals surface area contributed by atoms with Crippen molar-refractivity contribution in [1.29, 1.82) is 0 Å². The molecular weight excluding hydrogens is 494 g/mol. The molecule has 0 amide bonds. The highest BCUT2D eigenvalue weighted by molar-refractivity contribution is 5.85. The number of rotatable bonds is 8. The predicted molar refractivity (Wildman–Crippen MR) is 163 cm³/mol. The van der Waals surface area contributed by atoms with Crippen molar-refractivity contribution in [1.82, 2.24) is 4.90 Å². The van der Waals surface area contributed by atoms with Gasteiger partial charge in [-0.3, -0.25) is 4.90 Å². The lowest BCUT2D eigenvalue weighted by molar-refractivity contribution is 0.0517. The average molecular weight is 546 g/mol. The Bertz CT molecular complexity index is 896. The van der Waals surface area contributed by atoms with Crippen LogP contribution in [0.5, 0.6) is 0 Å². The summed E-state index contributed by atoms with van der Waals surface area (Å²) in [5.41, 5.74) is 6.47. The van der Waals surface area contributed by atoms with Crippen LogP contribution in [0.4, 0.5) is 11.4 Å². The first-order valence-corrected chi connectivity index (χ1v) is 15.3. The van der Waals surface area contributed by atoms with Crippen LogP contribution in [0.15, 0.2) is 24.3 Å². The first-order valence-electron chi connectivity index (χ1n) is 15.3. The topological polar surface area (TPSA) is 28.2 Å². The highest BCUT2D eigenvalue weighted by Crippen LogP contribution is 2.45. The van der Waals surface area contributed by atoms with Gasteiger partial charge in [0.1, 0.15) is 0 Å². The molecule has 6 heteroatoms. The maximum atomic E-state index is 5.64. The Morgan fingerprint density at radius 3 is 2.24 bits per heavy atom. The van der Waals surface area contributed by atoms with E-state index in [0.29, 0.717) is 11.5 Å². The van der Waals surface area contributed by atoms with E-state index in [1.165, 1.54) is 81.5 Å². The van der Waals surface area contributed by atoms with Gasteiger partial charge < -0.3 is 19.3 Å². The number of methoxy groups -OCH3 is 1. The van der Waals surface area contributed by atoms with Crippen molar-refractivity contribution in [2.75, 3.05) is 75.9 Å². The number of nitrogens with zero attached hydrogens (tertiary/aromatic N) is 3. The second kappa shape index (κ2) is 13.9. The van der Waals surface area contributed by atoms with Crippen molar-refractivity contribution in [3.63, 3.8) is 0 Å². The van der Waals surface area contributed by atoms with Crippen LogP contribution in [-0.2, 0) is 9.47 Å². The van der Waals surface area contributed by atoms with E-state index in [9.17, 15) is 0 Å². The SMILES string of the molecule is CCC1(CC)CC=C(c2cc(N3CCC(OC)CC3)ccc2N2CCN(CC3CCOCC3)CC2)CC1.Cl. The van der Waals surface area contributed by atoms with E-state index in [2.05, 4.69) is 52.8 Å². The summed E-state index contributed by atoms with van der Waals surface area (Å²) in [4.78, 5) is 7.97. The maximum absolute atomic E-state index is 5.64. The van der Waals surface area contributed by atoms with Gasteiger partial charge >= 0.3 is 0 Å². The Hall–Kier alpha value is -1.27. The van der Waals surface area contributed by atoms with E-state index >= 15 is 0 Å². The third kappa shape index (κ3) is 6.89. The zero-order chi connectivity index (χ0) is 25.7. The molecule has 0 radical (unpaired) electrons.